The topological polar surface area (TPSA) is 102 Å². The molecule has 0 rings (SSSR count). The quantitative estimate of drug-likeness (QED) is 0.218. The minimum absolute atomic E-state index is 0.228. The zero-order chi connectivity index (χ0) is 20.5. The fraction of sp³-hybridized carbons (Fsp3) is 0.952. The molecule has 0 amide bonds. The summed E-state index contributed by atoms with van der Waals surface area (Å²) in [6.45, 7) is 6.50. The largest absolute Gasteiger partial charge is 0.480 e. The molecule has 0 spiro atoms. The Hall–Kier alpha value is -0.690. The van der Waals surface area contributed by atoms with Crippen LogP contribution in [0.25, 0.3) is 0 Å². The zero-order valence-electron chi connectivity index (χ0n) is 17.8. The Labute approximate surface area is 166 Å². The van der Waals surface area contributed by atoms with E-state index in [9.17, 15) is 15.0 Å². The van der Waals surface area contributed by atoms with Crippen molar-refractivity contribution in [1.82, 2.24) is 10.6 Å². The molecule has 0 aliphatic carbocycles. The number of carboxylic acid groups (broad SMARTS) is 1. The van der Waals surface area contributed by atoms with Gasteiger partial charge in [0.05, 0.1) is 12.2 Å². The molecule has 0 bridgehead atoms. The maximum atomic E-state index is 11.1. The van der Waals surface area contributed by atoms with E-state index in [0.29, 0.717) is 6.54 Å². The van der Waals surface area contributed by atoms with Crippen molar-refractivity contribution in [3.8, 4) is 0 Å². The van der Waals surface area contributed by atoms with Crippen LogP contribution in [0.2, 0.25) is 0 Å². The van der Waals surface area contributed by atoms with Crippen LogP contribution in [0.4, 0.5) is 0 Å². The maximum Gasteiger partial charge on any atom is 0.323 e. The van der Waals surface area contributed by atoms with Crippen molar-refractivity contribution < 1.29 is 20.1 Å². The zero-order valence-corrected chi connectivity index (χ0v) is 17.8. The van der Waals surface area contributed by atoms with Crippen LogP contribution >= 0.6 is 0 Å². The van der Waals surface area contributed by atoms with Crippen LogP contribution in [-0.2, 0) is 4.79 Å². The first-order chi connectivity index (χ1) is 12.9. The van der Waals surface area contributed by atoms with Gasteiger partial charge in [-0.3, -0.25) is 4.79 Å². The summed E-state index contributed by atoms with van der Waals surface area (Å²) in [5.41, 5.74) is 0. The van der Waals surface area contributed by atoms with E-state index in [-0.39, 0.29) is 6.04 Å². The van der Waals surface area contributed by atoms with E-state index in [1.165, 1.54) is 71.1 Å². The number of aliphatic hydroxyl groups is 2. The van der Waals surface area contributed by atoms with Crippen molar-refractivity contribution in [2.75, 3.05) is 13.1 Å². The molecule has 4 unspecified atom stereocenters. The molecule has 0 aliphatic heterocycles. The lowest BCUT2D eigenvalue weighted by Crippen LogP contribution is -2.53. The average molecular weight is 389 g/mol. The third-order valence-corrected chi connectivity index (χ3v) is 5.08. The number of unbranched alkanes of at least 4 members (excludes halogenated alkanes) is 10. The normalized spacial score (nSPS) is 16.0. The molecule has 0 radical (unpaired) electrons. The van der Waals surface area contributed by atoms with Crippen LogP contribution in [0.15, 0.2) is 0 Å². The van der Waals surface area contributed by atoms with Crippen LogP contribution in [0.3, 0.4) is 0 Å². The van der Waals surface area contributed by atoms with Gasteiger partial charge >= 0.3 is 5.97 Å². The summed E-state index contributed by atoms with van der Waals surface area (Å²) in [5.74, 6) is -1.08. The van der Waals surface area contributed by atoms with Crippen LogP contribution in [0, 0.1) is 0 Å². The second kappa shape index (κ2) is 17.4. The average Bonchev–Trinajstić information content (AvgIpc) is 2.60. The van der Waals surface area contributed by atoms with Gasteiger partial charge in [-0.05, 0) is 26.8 Å². The van der Waals surface area contributed by atoms with Gasteiger partial charge in [-0.1, -0.05) is 71.1 Å². The molecule has 0 saturated heterocycles. The number of hydrogen-bond acceptors (Lipinski definition) is 5. The van der Waals surface area contributed by atoms with Crippen LogP contribution in [-0.4, -0.2) is 58.7 Å². The minimum atomic E-state index is -1.08. The highest BCUT2D eigenvalue weighted by atomic mass is 16.4. The molecule has 0 aromatic carbocycles. The number of aliphatic hydroxyl groups excluding tert-OH is 2. The fourth-order valence-corrected chi connectivity index (χ4v) is 3.21. The number of aliphatic carboxylic acids is 1. The van der Waals surface area contributed by atoms with Gasteiger partial charge in [0, 0.05) is 12.6 Å². The van der Waals surface area contributed by atoms with Gasteiger partial charge in [0.25, 0.3) is 0 Å². The predicted octanol–water partition coefficient (Wildman–Crippen LogP) is 3.06. The van der Waals surface area contributed by atoms with Crippen molar-refractivity contribution in [2.45, 2.75) is 116 Å². The fourth-order valence-electron chi connectivity index (χ4n) is 3.21. The highest BCUT2D eigenvalue weighted by Crippen LogP contribution is 2.11. The SMILES string of the molecule is CCCCCCCCCCCCCNC(CNC(C(=O)O)C(C)O)C(C)O. The summed E-state index contributed by atoms with van der Waals surface area (Å²) in [6, 6.07) is -1.25. The number of hydrogen-bond donors (Lipinski definition) is 5. The number of carbonyl (C=O) groups is 1. The third-order valence-electron chi connectivity index (χ3n) is 5.08. The van der Waals surface area contributed by atoms with Gasteiger partial charge in [0.1, 0.15) is 6.04 Å². The standard InChI is InChI=1S/C21H44N2O4/c1-4-5-6-7-8-9-10-11-12-13-14-15-22-19(17(2)24)16-23-20(18(3)25)21(26)27/h17-20,22-25H,4-16H2,1-3H3,(H,26,27). The molecule has 6 nitrogen and oxygen atoms in total. The second-order valence-corrected chi connectivity index (χ2v) is 7.80. The van der Waals surface area contributed by atoms with Crippen molar-refractivity contribution in [3.63, 3.8) is 0 Å². The molecule has 0 heterocycles. The Bertz CT molecular complexity index is 351. The monoisotopic (exact) mass is 388 g/mol. The summed E-state index contributed by atoms with van der Waals surface area (Å²) in [7, 11) is 0. The lowest BCUT2D eigenvalue weighted by atomic mass is 10.1. The van der Waals surface area contributed by atoms with Gasteiger partial charge in [0.15, 0.2) is 0 Å². The summed E-state index contributed by atoms with van der Waals surface area (Å²) in [6.07, 6.45) is 12.7. The first-order valence-electron chi connectivity index (χ1n) is 11.0. The molecule has 0 aliphatic rings. The molecular weight excluding hydrogens is 344 g/mol. The summed E-state index contributed by atoms with van der Waals surface area (Å²) >= 11 is 0. The number of carboxylic acids is 1. The van der Waals surface area contributed by atoms with Crippen LogP contribution < -0.4 is 10.6 Å². The molecule has 162 valence electrons. The van der Waals surface area contributed by atoms with E-state index in [1.54, 1.807) is 6.92 Å². The Kier molecular flexibility index (Phi) is 17.0. The molecule has 0 aromatic rings. The van der Waals surface area contributed by atoms with Gasteiger partial charge < -0.3 is 26.0 Å². The van der Waals surface area contributed by atoms with E-state index in [1.807, 2.05) is 0 Å². The van der Waals surface area contributed by atoms with Crippen LogP contribution in [0.5, 0.6) is 0 Å². The van der Waals surface area contributed by atoms with Crippen LogP contribution in [0.1, 0.15) is 91.4 Å². The first-order valence-corrected chi connectivity index (χ1v) is 11.0. The van der Waals surface area contributed by atoms with E-state index >= 15 is 0 Å². The van der Waals surface area contributed by atoms with Crippen molar-refractivity contribution in [2.24, 2.45) is 0 Å². The smallest absolute Gasteiger partial charge is 0.323 e. The Morgan fingerprint density at radius 2 is 1.26 bits per heavy atom. The molecule has 6 heteroatoms. The van der Waals surface area contributed by atoms with E-state index < -0.39 is 24.2 Å². The molecule has 0 aromatic heterocycles. The predicted molar refractivity (Wildman–Crippen MR) is 111 cm³/mol. The van der Waals surface area contributed by atoms with Crippen molar-refractivity contribution >= 4 is 5.97 Å². The lowest BCUT2D eigenvalue weighted by Gasteiger charge is -2.25. The maximum absolute atomic E-state index is 11.1. The third kappa shape index (κ3) is 15.0. The highest BCUT2D eigenvalue weighted by molar-refractivity contribution is 5.74. The van der Waals surface area contributed by atoms with Gasteiger partial charge in [0.2, 0.25) is 0 Å². The summed E-state index contributed by atoms with van der Waals surface area (Å²) < 4.78 is 0. The Morgan fingerprint density at radius 1 is 0.778 bits per heavy atom. The molecule has 27 heavy (non-hydrogen) atoms. The Balaban J connectivity index is 3.72. The molecule has 5 N–H and O–H groups in total. The summed E-state index contributed by atoms with van der Waals surface area (Å²) in [5, 5.41) is 34.6. The van der Waals surface area contributed by atoms with Gasteiger partial charge in [-0.15, -0.1) is 0 Å². The summed E-state index contributed by atoms with van der Waals surface area (Å²) in [4.78, 5) is 11.1. The van der Waals surface area contributed by atoms with Gasteiger partial charge in [-0.25, -0.2) is 0 Å². The molecule has 4 atom stereocenters. The Morgan fingerprint density at radius 3 is 1.67 bits per heavy atom. The molecular formula is C21H44N2O4. The van der Waals surface area contributed by atoms with Gasteiger partial charge in [-0.2, -0.15) is 0 Å². The first kappa shape index (κ1) is 26.3. The second-order valence-electron chi connectivity index (χ2n) is 7.80. The van der Waals surface area contributed by atoms with Crippen molar-refractivity contribution in [1.29, 1.82) is 0 Å². The van der Waals surface area contributed by atoms with E-state index in [0.717, 1.165) is 13.0 Å². The van der Waals surface area contributed by atoms with E-state index in [4.69, 9.17) is 5.11 Å². The number of rotatable bonds is 19. The van der Waals surface area contributed by atoms with Crippen molar-refractivity contribution in [3.05, 3.63) is 0 Å². The van der Waals surface area contributed by atoms with E-state index in [2.05, 4.69) is 17.6 Å². The highest BCUT2D eigenvalue weighted by Gasteiger charge is 2.24. The minimum Gasteiger partial charge on any atom is -0.480 e. The lowest BCUT2D eigenvalue weighted by molar-refractivity contribution is -0.142. The number of nitrogens with one attached hydrogen (secondary N) is 2. The molecule has 0 saturated carbocycles. The molecule has 0 fully saturated rings.